The Kier molecular flexibility index (Phi) is 4.06. The minimum absolute atomic E-state index is 0.644. The number of rotatable bonds is 6. The van der Waals surface area contributed by atoms with Gasteiger partial charge in [0, 0.05) is 18.2 Å². The van der Waals surface area contributed by atoms with Crippen LogP contribution >= 0.6 is 11.6 Å². The molecule has 0 atom stereocenters. The Labute approximate surface area is 108 Å². The molecule has 0 spiro atoms. The second kappa shape index (κ2) is 5.54. The molecule has 0 heterocycles. The van der Waals surface area contributed by atoms with Gasteiger partial charge in [0.05, 0.1) is 10.7 Å². The molecule has 2 rings (SSSR count). The van der Waals surface area contributed by atoms with Crippen molar-refractivity contribution in [3.05, 3.63) is 28.8 Å². The topological polar surface area (TPSA) is 20.3 Å². The lowest BCUT2D eigenvalue weighted by Gasteiger charge is -2.25. The summed E-state index contributed by atoms with van der Waals surface area (Å²) in [6.45, 7) is 3.25. The number of nitrogens with zero attached hydrogens (tertiary/aromatic N) is 1. The standard InChI is InChI=1S/C14H18ClNO/c1-2-3-8-16(12-5-6-12)14-7-4-11(10-17)9-13(14)15/h4,7,9-10,12H,2-3,5-6,8H2,1H3. The van der Waals surface area contributed by atoms with Gasteiger partial charge in [0.25, 0.3) is 0 Å². The molecule has 1 fully saturated rings. The van der Waals surface area contributed by atoms with Crippen molar-refractivity contribution >= 4 is 23.6 Å². The summed E-state index contributed by atoms with van der Waals surface area (Å²) in [5.74, 6) is 0. The highest BCUT2D eigenvalue weighted by Gasteiger charge is 2.29. The van der Waals surface area contributed by atoms with Crippen LogP contribution in [0.1, 0.15) is 43.0 Å². The first-order valence-electron chi connectivity index (χ1n) is 6.27. The quantitative estimate of drug-likeness (QED) is 0.715. The first-order chi connectivity index (χ1) is 8.26. The number of benzene rings is 1. The second-order valence-electron chi connectivity index (χ2n) is 4.61. The lowest BCUT2D eigenvalue weighted by atomic mass is 10.2. The van der Waals surface area contributed by atoms with Gasteiger partial charge in [-0.2, -0.15) is 0 Å². The lowest BCUT2D eigenvalue weighted by molar-refractivity contribution is 0.112. The third-order valence-corrected chi connectivity index (χ3v) is 3.46. The fraction of sp³-hybridized carbons (Fsp3) is 0.500. The molecule has 0 aromatic heterocycles. The second-order valence-corrected chi connectivity index (χ2v) is 5.01. The zero-order valence-electron chi connectivity index (χ0n) is 10.2. The maximum atomic E-state index is 10.7. The molecule has 1 aromatic rings. The monoisotopic (exact) mass is 251 g/mol. The van der Waals surface area contributed by atoms with Gasteiger partial charge in [-0.3, -0.25) is 4.79 Å². The largest absolute Gasteiger partial charge is 0.367 e. The molecule has 1 aromatic carbocycles. The molecule has 3 heteroatoms. The number of carbonyl (C=O) groups is 1. The third-order valence-electron chi connectivity index (χ3n) is 3.16. The van der Waals surface area contributed by atoms with Crippen molar-refractivity contribution in [2.75, 3.05) is 11.4 Å². The van der Waals surface area contributed by atoms with Gasteiger partial charge in [0.15, 0.2) is 0 Å². The maximum absolute atomic E-state index is 10.7. The average molecular weight is 252 g/mol. The van der Waals surface area contributed by atoms with E-state index in [4.69, 9.17) is 11.6 Å². The van der Waals surface area contributed by atoms with Crippen LogP contribution in [0.3, 0.4) is 0 Å². The average Bonchev–Trinajstić information content (AvgIpc) is 3.15. The van der Waals surface area contributed by atoms with E-state index in [-0.39, 0.29) is 0 Å². The van der Waals surface area contributed by atoms with E-state index in [1.807, 2.05) is 12.1 Å². The molecule has 17 heavy (non-hydrogen) atoms. The highest BCUT2D eigenvalue weighted by atomic mass is 35.5. The van der Waals surface area contributed by atoms with Crippen molar-refractivity contribution in [1.29, 1.82) is 0 Å². The minimum atomic E-state index is 0.644. The van der Waals surface area contributed by atoms with E-state index < -0.39 is 0 Å². The number of aldehydes is 1. The summed E-state index contributed by atoms with van der Waals surface area (Å²) in [7, 11) is 0. The fourth-order valence-electron chi connectivity index (χ4n) is 2.04. The van der Waals surface area contributed by atoms with Gasteiger partial charge in [0.2, 0.25) is 0 Å². The number of halogens is 1. The number of hydrogen-bond donors (Lipinski definition) is 0. The number of hydrogen-bond acceptors (Lipinski definition) is 2. The molecular formula is C14H18ClNO. The van der Waals surface area contributed by atoms with Crippen LogP contribution in [0.4, 0.5) is 5.69 Å². The van der Waals surface area contributed by atoms with Crippen LogP contribution in [-0.4, -0.2) is 18.9 Å². The van der Waals surface area contributed by atoms with Gasteiger partial charge < -0.3 is 4.90 Å². The van der Waals surface area contributed by atoms with Crippen molar-refractivity contribution in [2.45, 2.75) is 38.6 Å². The molecular weight excluding hydrogens is 234 g/mol. The van der Waals surface area contributed by atoms with E-state index in [0.717, 1.165) is 18.5 Å². The predicted molar refractivity (Wildman–Crippen MR) is 72.1 cm³/mol. The molecule has 2 nitrogen and oxygen atoms in total. The van der Waals surface area contributed by atoms with Crippen LogP contribution in [0.25, 0.3) is 0 Å². The van der Waals surface area contributed by atoms with Crippen molar-refractivity contribution in [3.8, 4) is 0 Å². The number of unbranched alkanes of at least 4 members (excludes halogenated alkanes) is 1. The smallest absolute Gasteiger partial charge is 0.150 e. The highest BCUT2D eigenvalue weighted by Crippen LogP contribution is 2.36. The molecule has 0 aliphatic heterocycles. The van der Waals surface area contributed by atoms with Gasteiger partial charge in [-0.05, 0) is 37.5 Å². The zero-order chi connectivity index (χ0) is 12.3. The summed E-state index contributed by atoms with van der Waals surface area (Å²) in [5.41, 5.74) is 1.72. The van der Waals surface area contributed by atoms with E-state index in [1.165, 1.54) is 25.7 Å². The van der Waals surface area contributed by atoms with Crippen LogP contribution in [0.5, 0.6) is 0 Å². The molecule has 92 valence electrons. The fourth-order valence-corrected chi connectivity index (χ4v) is 2.34. The molecule has 0 saturated heterocycles. The Morgan fingerprint density at radius 3 is 2.76 bits per heavy atom. The molecule has 0 amide bonds. The van der Waals surface area contributed by atoms with E-state index in [2.05, 4.69) is 11.8 Å². The van der Waals surface area contributed by atoms with Crippen LogP contribution < -0.4 is 4.90 Å². The van der Waals surface area contributed by atoms with E-state index in [1.54, 1.807) is 6.07 Å². The Hall–Kier alpha value is -1.02. The lowest BCUT2D eigenvalue weighted by Crippen LogP contribution is -2.27. The minimum Gasteiger partial charge on any atom is -0.367 e. The molecule has 0 unspecified atom stereocenters. The zero-order valence-corrected chi connectivity index (χ0v) is 10.9. The summed E-state index contributed by atoms with van der Waals surface area (Å²) in [5, 5.41) is 0.692. The Balaban J connectivity index is 2.19. The molecule has 1 saturated carbocycles. The summed E-state index contributed by atoms with van der Waals surface area (Å²) in [4.78, 5) is 13.1. The molecule has 1 aliphatic carbocycles. The third kappa shape index (κ3) is 3.01. The highest BCUT2D eigenvalue weighted by molar-refractivity contribution is 6.33. The van der Waals surface area contributed by atoms with Crippen LogP contribution in [0.15, 0.2) is 18.2 Å². The SMILES string of the molecule is CCCCN(c1ccc(C=O)cc1Cl)C1CC1. The van der Waals surface area contributed by atoms with Crippen LogP contribution in [-0.2, 0) is 0 Å². The first kappa shape index (κ1) is 12.4. The van der Waals surface area contributed by atoms with Crippen LogP contribution in [0, 0.1) is 0 Å². The molecule has 0 N–H and O–H groups in total. The Morgan fingerprint density at radius 1 is 1.47 bits per heavy atom. The van der Waals surface area contributed by atoms with Gasteiger partial charge in [0.1, 0.15) is 6.29 Å². The van der Waals surface area contributed by atoms with Crippen molar-refractivity contribution in [3.63, 3.8) is 0 Å². The molecule has 0 radical (unpaired) electrons. The first-order valence-corrected chi connectivity index (χ1v) is 6.65. The predicted octanol–water partition coefficient (Wildman–Crippen LogP) is 3.92. The summed E-state index contributed by atoms with van der Waals surface area (Å²) >= 11 is 6.25. The van der Waals surface area contributed by atoms with Gasteiger partial charge >= 0.3 is 0 Å². The van der Waals surface area contributed by atoms with E-state index >= 15 is 0 Å². The van der Waals surface area contributed by atoms with E-state index in [0.29, 0.717) is 16.6 Å². The summed E-state index contributed by atoms with van der Waals surface area (Å²) in [6.07, 6.45) is 5.73. The normalized spacial score (nSPS) is 14.7. The Bertz CT molecular complexity index is 401. The van der Waals surface area contributed by atoms with Crippen molar-refractivity contribution in [1.82, 2.24) is 0 Å². The van der Waals surface area contributed by atoms with E-state index in [9.17, 15) is 4.79 Å². The van der Waals surface area contributed by atoms with Crippen molar-refractivity contribution in [2.24, 2.45) is 0 Å². The molecule has 0 bridgehead atoms. The summed E-state index contributed by atoms with van der Waals surface area (Å²) in [6, 6.07) is 6.22. The number of carbonyl (C=O) groups excluding carboxylic acids is 1. The maximum Gasteiger partial charge on any atom is 0.150 e. The number of anilines is 1. The Morgan fingerprint density at radius 2 is 2.24 bits per heavy atom. The van der Waals surface area contributed by atoms with Gasteiger partial charge in [-0.15, -0.1) is 0 Å². The van der Waals surface area contributed by atoms with Gasteiger partial charge in [-0.1, -0.05) is 24.9 Å². The van der Waals surface area contributed by atoms with Crippen molar-refractivity contribution < 1.29 is 4.79 Å². The summed E-state index contributed by atoms with van der Waals surface area (Å²) < 4.78 is 0. The van der Waals surface area contributed by atoms with Gasteiger partial charge in [-0.25, -0.2) is 0 Å². The van der Waals surface area contributed by atoms with Crippen LogP contribution in [0.2, 0.25) is 5.02 Å². The molecule has 1 aliphatic rings.